The molecule has 0 heterocycles. The first-order valence-electron chi connectivity index (χ1n) is 5.29. The molecule has 90 valence electrons. The van der Waals surface area contributed by atoms with Crippen LogP contribution in [-0.2, 0) is 4.74 Å². The Bertz CT molecular complexity index is 287. The smallest absolute Gasteiger partial charge is 0.118 e. The standard InChI is InChI=1S/C12H18O3S/c1-3-15-8-10(13)9-16-12-6-4-11(14-2)5-7-12/h4-7,10,13H,3,8-9H2,1-2H3. The van der Waals surface area contributed by atoms with Gasteiger partial charge in [0.15, 0.2) is 0 Å². The number of hydrogen-bond acceptors (Lipinski definition) is 4. The summed E-state index contributed by atoms with van der Waals surface area (Å²) in [6.07, 6.45) is -0.410. The number of thioether (sulfide) groups is 1. The van der Waals surface area contributed by atoms with Crippen molar-refractivity contribution in [2.45, 2.75) is 17.9 Å². The zero-order chi connectivity index (χ0) is 11.8. The third-order valence-corrected chi connectivity index (χ3v) is 3.17. The van der Waals surface area contributed by atoms with Crippen molar-refractivity contribution in [1.29, 1.82) is 0 Å². The second-order valence-electron chi connectivity index (χ2n) is 3.30. The number of rotatable bonds is 7. The first-order chi connectivity index (χ1) is 7.76. The van der Waals surface area contributed by atoms with E-state index in [1.165, 1.54) is 0 Å². The molecule has 0 fully saturated rings. The van der Waals surface area contributed by atoms with E-state index in [1.54, 1.807) is 18.9 Å². The van der Waals surface area contributed by atoms with Crippen molar-refractivity contribution in [2.24, 2.45) is 0 Å². The maximum atomic E-state index is 9.57. The van der Waals surface area contributed by atoms with E-state index in [4.69, 9.17) is 9.47 Å². The van der Waals surface area contributed by atoms with Gasteiger partial charge in [-0.3, -0.25) is 0 Å². The second kappa shape index (κ2) is 7.54. The van der Waals surface area contributed by atoms with E-state index in [-0.39, 0.29) is 0 Å². The highest BCUT2D eigenvalue weighted by Crippen LogP contribution is 2.21. The third kappa shape index (κ3) is 4.88. The molecule has 0 radical (unpaired) electrons. The van der Waals surface area contributed by atoms with Gasteiger partial charge in [0.25, 0.3) is 0 Å². The molecule has 1 unspecified atom stereocenters. The average Bonchev–Trinajstić information content (AvgIpc) is 2.34. The SMILES string of the molecule is CCOCC(O)CSc1ccc(OC)cc1. The van der Waals surface area contributed by atoms with Gasteiger partial charge in [0.2, 0.25) is 0 Å². The lowest BCUT2D eigenvalue weighted by atomic mass is 10.3. The van der Waals surface area contributed by atoms with Crippen molar-refractivity contribution in [3.8, 4) is 5.75 Å². The van der Waals surface area contributed by atoms with Crippen molar-refractivity contribution in [3.63, 3.8) is 0 Å². The average molecular weight is 242 g/mol. The van der Waals surface area contributed by atoms with Gasteiger partial charge < -0.3 is 14.6 Å². The van der Waals surface area contributed by atoms with E-state index >= 15 is 0 Å². The van der Waals surface area contributed by atoms with Crippen LogP contribution in [0.2, 0.25) is 0 Å². The van der Waals surface area contributed by atoms with E-state index in [0.29, 0.717) is 19.0 Å². The summed E-state index contributed by atoms with van der Waals surface area (Å²) in [4.78, 5) is 1.12. The predicted octanol–water partition coefficient (Wildman–Crippen LogP) is 2.18. The van der Waals surface area contributed by atoms with Crippen LogP contribution in [0.1, 0.15) is 6.92 Å². The molecule has 16 heavy (non-hydrogen) atoms. The number of aliphatic hydroxyl groups excluding tert-OH is 1. The molecular weight excluding hydrogens is 224 g/mol. The van der Waals surface area contributed by atoms with Gasteiger partial charge >= 0.3 is 0 Å². The van der Waals surface area contributed by atoms with Crippen molar-refractivity contribution >= 4 is 11.8 Å². The van der Waals surface area contributed by atoms with Crippen LogP contribution in [0.4, 0.5) is 0 Å². The molecule has 1 N–H and O–H groups in total. The van der Waals surface area contributed by atoms with Gasteiger partial charge in [-0.1, -0.05) is 0 Å². The molecule has 0 saturated heterocycles. The fourth-order valence-corrected chi connectivity index (χ4v) is 1.98. The molecule has 1 aromatic carbocycles. The minimum absolute atomic E-state index is 0.402. The Morgan fingerprint density at radius 1 is 1.31 bits per heavy atom. The Kier molecular flexibility index (Phi) is 6.30. The highest BCUT2D eigenvalue weighted by molar-refractivity contribution is 7.99. The zero-order valence-corrected chi connectivity index (χ0v) is 10.5. The summed E-state index contributed by atoms with van der Waals surface area (Å²) < 4.78 is 10.2. The fourth-order valence-electron chi connectivity index (χ4n) is 1.17. The Morgan fingerprint density at radius 2 is 2.00 bits per heavy atom. The quantitative estimate of drug-likeness (QED) is 0.744. The van der Waals surface area contributed by atoms with Gasteiger partial charge in [0.1, 0.15) is 5.75 Å². The van der Waals surface area contributed by atoms with Gasteiger partial charge in [-0.05, 0) is 31.2 Å². The van der Waals surface area contributed by atoms with Crippen LogP contribution in [-0.4, -0.2) is 37.3 Å². The predicted molar refractivity (Wildman–Crippen MR) is 66.2 cm³/mol. The lowest BCUT2D eigenvalue weighted by Crippen LogP contribution is -2.17. The summed E-state index contributed by atoms with van der Waals surface area (Å²) in [7, 11) is 1.65. The van der Waals surface area contributed by atoms with Gasteiger partial charge in [0.05, 0.1) is 19.8 Å². The number of benzene rings is 1. The molecule has 0 aliphatic rings. The van der Waals surface area contributed by atoms with Gasteiger partial charge in [-0.25, -0.2) is 0 Å². The van der Waals surface area contributed by atoms with Crippen LogP contribution in [0.25, 0.3) is 0 Å². The van der Waals surface area contributed by atoms with Crippen LogP contribution in [0, 0.1) is 0 Å². The Hall–Kier alpha value is -0.710. The molecule has 4 heteroatoms. The molecule has 0 amide bonds. The first kappa shape index (κ1) is 13.4. The molecule has 1 rings (SSSR count). The minimum atomic E-state index is -0.410. The van der Waals surface area contributed by atoms with E-state index < -0.39 is 6.10 Å². The Morgan fingerprint density at radius 3 is 2.56 bits per heavy atom. The van der Waals surface area contributed by atoms with E-state index in [2.05, 4.69) is 0 Å². The lowest BCUT2D eigenvalue weighted by molar-refractivity contribution is 0.0551. The summed E-state index contributed by atoms with van der Waals surface area (Å²) in [6, 6.07) is 7.79. The monoisotopic (exact) mass is 242 g/mol. The third-order valence-electron chi connectivity index (χ3n) is 2.02. The van der Waals surface area contributed by atoms with E-state index in [9.17, 15) is 5.11 Å². The largest absolute Gasteiger partial charge is 0.497 e. The summed E-state index contributed by atoms with van der Waals surface area (Å²) in [6.45, 7) is 2.97. The number of aliphatic hydroxyl groups is 1. The van der Waals surface area contributed by atoms with Crippen LogP contribution < -0.4 is 4.74 Å². The van der Waals surface area contributed by atoms with Crippen LogP contribution >= 0.6 is 11.8 Å². The number of ether oxygens (including phenoxy) is 2. The topological polar surface area (TPSA) is 38.7 Å². The molecule has 0 bridgehead atoms. The molecular formula is C12H18O3S. The summed E-state index contributed by atoms with van der Waals surface area (Å²) in [5.41, 5.74) is 0. The molecule has 0 spiro atoms. The van der Waals surface area contributed by atoms with Gasteiger partial charge in [-0.2, -0.15) is 0 Å². The summed E-state index contributed by atoms with van der Waals surface area (Å²) in [5, 5.41) is 9.57. The van der Waals surface area contributed by atoms with Crippen molar-refractivity contribution < 1.29 is 14.6 Å². The van der Waals surface area contributed by atoms with Gasteiger partial charge in [-0.15, -0.1) is 11.8 Å². The fraction of sp³-hybridized carbons (Fsp3) is 0.500. The lowest BCUT2D eigenvalue weighted by Gasteiger charge is -2.10. The van der Waals surface area contributed by atoms with Crippen molar-refractivity contribution in [3.05, 3.63) is 24.3 Å². The van der Waals surface area contributed by atoms with Crippen molar-refractivity contribution in [2.75, 3.05) is 26.1 Å². The number of hydrogen-bond donors (Lipinski definition) is 1. The normalized spacial score (nSPS) is 12.4. The zero-order valence-electron chi connectivity index (χ0n) is 9.68. The van der Waals surface area contributed by atoms with Crippen LogP contribution in [0.15, 0.2) is 29.2 Å². The van der Waals surface area contributed by atoms with Crippen molar-refractivity contribution in [1.82, 2.24) is 0 Å². The summed E-state index contributed by atoms with van der Waals surface area (Å²) in [5.74, 6) is 1.49. The molecule has 3 nitrogen and oxygen atoms in total. The van der Waals surface area contributed by atoms with E-state index in [0.717, 1.165) is 10.6 Å². The molecule has 1 aromatic rings. The second-order valence-corrected chi connectivity index (χ2v) is 4.39. The highest BCUT2D eigenvalue weighted by Gasteiger charge is 2.04. The molecule has 0 aliphatic carbocycles. The summed E-state index contributed by atoms with van der Waals surface area (Å²) >= 11 is 1.61. The van der Waals surface area contributed by atoms with Gasteiger partial charge in [0, 0.05) is 17.3 Å². The number of methoxy groups -OCH3 is 1. The minimum Gasteiger partial charge on any atom is -0.497 e. The molecule has 0 aromatic heterocycles. The van der Waals surface area contributed by atoms with Crippen LogP contribution in [0.3, 0.4) is 0 Å². The maximum absolute atomic E-state index is 9.57. The maximum Gasteiger partial charge on any atom is 0.118 e. The Balaban J connectivity index is 2.30. The molecule has 0 aliphatic heterocycles. The van der Waals surface area contributed by atoms with Crippen LogP contribution in [0.5, 0.6) is 5.75 Å². The molecule has 0 saturated carbocycles. The Labute approximate surface area is 101 Å². The van der Waals surface area contributed by atoms with E-state index in [1.807, 2.05) is 31.2 Å². The molecule has 1 atom stereocenters. The first-order valence-corrected chi connectivity index (χ1v) is 6.27. The highest BCUT2D eigenvalue weighted by atomic mass is 32.2.